The molecule has 9 nitrogen and oxygen atoms in total. The Labute approximate surface area is 279 Å². The normalized spacial score (nSPS) is 14.2. The molecule has 2 heterocycles. The smallest absolute Gasteiger partial charge is 0.337 e. The van der Waals surface area contributed by atoms with E-state index in [4.69, 9.17) is 46.9 Å². The number of fused-ring (bicyclic) bond motifs is 1. The average molecular weight is 684 g/mol. The summed E-state index contributed by atoms with van der Waals surface area (Å²) in [5, 5.41) is 0.955. The van der Waals surface area contributed by atoms with Crippen molar-refractivity contribution in [2.24, 2.45) is 4.99 Å². The molecule has 0 amide bonds. The summed E-state index contributed by atoms with van der Waals surface area (Å²) in [4.78, 5) is 31.8. The first kappa shape index (κ1) is 33.1. The Morgan fingerprint density at radius 1 is 0.913 bits per heavy atom. The first-order valence-electron chi connectivity index (χ1n) is 14.6. The number of nitrogens with zero attached hydrogens (tertiary/aromatic N) is 2. The standard InChI is InChI=1S/C34H32Cl2N2O7S/c1-5-42-26-13-10-22(17-27(26)43-6-2)30-24(33(40)41-4)18-37-34-38(30)32(39)29(46-34)16-21-14-25(36)31(28(15-21)44-7-3)45-19-20-8-11-23(35)12-9-20/h8-18,30H,5-7,19H2,1-4H3/b29-16-/t30-/m0/s1. The minimum Gasteiger partial charge on any atom is -0.490 e. The van der Waals surface area contributed by atoms with E-state index in [0.717, 1.165) is 5.56 Å². The Hall–Kier alpha value is -4.25. The van der Waals surface area contributed by atoms with Crippen LogP contribution in [0.25, 0.3) is 6.08 Å². The number of ether oxygens (including phenoxy) is 5. The van der Waals surface area contributed by atoms with Crippen molar-refractivity contribution in [3.63, 3.8) is 0 Å². The van der Waals surface area contributed by atoms with Gasteiger partial charge in [0.05, 0.1) is 48.1 Å². The molecule has 46 heavy (non-hydrogen) atoms. The van der Waals surface area contributed by atoms with E-state index in [0.29, 0.717) is 73.3 Å². The number of thiazole rings is 1. The molecular formula is C34H32Cl2N2O7S. The van der Waals surface area contributed by atoms with E-state index in [1.54, 1.807) is 48.5 Å². The quantitative estimate of drug-likeness (QED) is 0.167. The van der Waals surface area contributed by atoms with Gasteiger partial charge in [0, 0.05) is 11.2 Å². The summed E-state index contributed by atoms with van der Waals surface area (Å²) in [6.07, 6.45) is 3.16. The topological polar surface area (TPSA) is 97.6 Å². The lowest BCUT2D eigenvalue weighted by Gasteiger charge is -2.23. The van der Waals surface area contributed by atoms with Gasteiger partial charge in [-0.15, -0.1) is 0 Å². The molecule has 4 aromatic rings. The van der Waals surface area contributed by atoms with Gasteiger partial charge in [0.1, 0.15) is 6.61 Å². The van der Waals surface area contributed by atoms with Gasteiger partial charge in [0.2, 0.25) is 0 Å². The fourth-order valence-electron chi connectivity index (χ4n) is 4.95. The van der Waals surface area contributed by atoms with Crippen molar-refractivity contribution < 1.29 is 28.5 Å². The Kier molecular flexibility index (Phi) is 10.7. The molecule has 5 rings (SSSR count). The molecule has 0 bridgehead atoms. The van der Waals surface area contributed by atoms with Crippen molar-refractivity contribution in [1.29, 1.82) is 0 Å². The van der Waals surface area contributed by atoms with Crippen molar-refractivity contribution in [3.8, 4) is 23.0 Å². The molecule has 240 valence electrons. The van der Waals surface area contributed by atoms with Crippen LogP contribution in [-0.4, -0.2) is 37.5 Å². The molecule has 1 atom stereocenters. The zero-order chi connectivity index (χ0) is 32.8. The second-order valence-corrected chi connectivity index (χ2v) is 11.8. The zero-order valence-corrected chi connectivity index (χ0v) is 28.0. The van der Waals surface area contributed by atoms with Crippen LogP contribution in [0.4, 0.5) is 0 Å². The van der Waals surface area contributed by atoms with Gasteiger partial charge < -0.3 is 23.7 Å². The van der Waals surface area contributed by atoms with Crippen molar-refractivity contribution in [3.05, 3.63) is 113 Å². The Balaban J connectivity index is 1.57. The number of carbonyl (C=O) groups excluding carboxylic acids is 1. The first-order valence-corrected chi connectivity index (χ1v) is 16.2. The number of methoxy groups -OCH3 is 1. The molecule has 0 unspecified atom stereocenters. The van der Waals surface area contributed by atoms with Crippen LogP contribution in [0.2, 0.25) is 10.0 Å². The van der Waals surface area contributed by atoms with E-state index in [2.05, 4.69) is 4.99 Å². The molecule has 0 saturated heterocycles. The summed E-state index contributed by atoms with van der Waals surface area (Å²) >= 11 is 13.9. The first-order chi connectivity index (χ1) is 22.3. The summed E-state index contributed by atoms with van der Waals surface area (Å²) in [6, 6.07) is 15.3. The molecule has 1 aliphatic rings. The molecule has 0 spiro atoms. The Bertz CT molecular complexity index is 1950. The van der Waals surface area contributed by atoms with Crippen LogP contribution in [0, 0.1) is 0 Å². The molecular weight excluding hydrogens is 651 g/mol. The molecule has 3 aromatic carbocycles. The van der Waals surface area contributed by atoms with Gasteiger partial charge in [-0.3, -0.25) is 9.36 Å². The van der Waals surface area contributed by atoms with E-state index >= 15 is 0 Å². The van der Waals surface area contributed by atoms with Crippen LogP contribution < -0.4 is 33.8 Å². The highest BCUT2D eigenvalue weighted by molar-refractivity contribution is 7.07. The SMILES string of the molecule is CCOc1ccc([C@H]2C(C(=O)OC)=CN=c3s/c(=C\c4cc(Cl)c(OCc5ccc(Cl)cc5)c(OCC)c4)c(=O)n32)cc1OCC. The average Bonchev–Trinajstić information content (AvgIpc) is 3.36. The monoisotopic (exact) mass is 682 g/mol. The molecule has 1 aromatic heterocycles. The highest BCUT2D eigenvalue weighted by Gasteiger charge is 2.31. The molecule has 0 aliphatic carbocycles. The van der Waals surface area contributed by atoms with E-state index in [1.165, 1.54) is 29.2 Å². The van der Waals surface area contributed by atoms with Crippen molar-refractivity contribution in [2.45, 2.75) is 33.4 Å². The summed E-state index contributed by atoms with van der Waals surface area (Å²) in [7, 11) is 1.29. The van der Waals surface area contributed by atoms with Crippen molar-refractivity contribution in [2.75, 3.05) is 26.9 Å². The number of carbonyl (C=O) groups is 1. The fourth-order valence-corrected chi connectivity index (χ4v) is 6.32. The number of hydrogen-bond donors (Lipinski definition) is 0. The van der Waals surface area contributed by atoms with E-state index in [-0.39, 0.29) is 17.7 Å². The predicted molar refractivity (Wildman–Crippen MR) is 178 cm³/mol. The van der Waals surface area contributed by atoms with Gasteiger partial charge in [-0.25, -0.2) is 9.79 Å². The maximum Gasteiger partial charge on any atom is 0.337 e. The van der Waals surface area contributed by atoms with Crippen LogP contribution in [0.1, 0.15) is 43.5 Å². The molecule has 0 N–H and O–H groups in total. The maximum absolute atomic E-state index is 14.0. The summed E-state index contributed by atoms with van der Waals surface area (Å²) in [6.45, 7) is 7.10. The van der Waals surface area contributed by atoms with Gasteiger partial charge >= 0.3 is 5.97 Å². The third-order valence-electron chi connectivity index (χ3n) is 6.93. The minimum atomic E-state index is -0.813. The number of halogens is 2. The molecule has 1 aliphatic heterocycles. The largest absolute Gasteiger partial charge is 0.490 e. The molecule has 0 fully saturated rings. The van der Waals surface area contributed by atoms with Crippen LogP contribution in [0.5, 0.6) is 23.0 Å². The van der Waals surface area contributed by atoms with E-state index in [9.17, 15) is 9.59 Å². The second kappa shape index (κ2) is 14.9. The van der Waals surface area contributed by atoms with Gasteiger partial charge in [-0.1, -0.05) is 52.7 Å². The minimum absolute atomic E-state index is 0.205. The Morgan fingerprint density at radius 3 is 2.30 bits per heavy atom. The lowest BCUT2D eigenvalue weighted by molar-refractivity contribution is -0.136. The molecule has 0 saturated carbocycles. The third-order valence-corrected chi connectivity index (χ3v) is 8.46. The van der Waals surface area contributed by atoms with Crippen molar-refractivity contribution >= 4 is 46.6 Å². The maximum atomic E-state index is 14.0. The van der Waals surface area contributed by atoms with E-state index in [1.807, 2.05) is 32.9 Å². The third kappa shape index (κ3) is 7.09. The fraction of sp³-hybridized carbons (Fsp3) is 0.265. The molecule has 0 radical (unpaired) electrons. The highest BCUT2D eigenvalue weighted by atomic mass is 35.5. The van der Waals surface area contributed by atoms with Crippen molar-refractivity contribution in [1.82, 2.24) is 4.57 Å². The predicted octanol–water partition coefficient (Wildman–Crippen LogP) is 6.10. The van der Waals surface area contributed by atoms with Gasteiger partial charge in [0.15, 0.2) is 27.8 Å². The number of esters is 1. The lowest BCUT2D eigenvalue weighted by atomic mass is 9.97. The number of hydrogen-bond acceptors (Lipinski definition) is 9. The van der Waals surface area contributed by atoms with Crippen LogP contribution >= 0.6 is 34.5 Å². The second-order valence-electron chi connectivity index (χ2n) is 9.93. The number of aromatic nitrogens is 1. The van der Waals surface area contributed by atoms with Crippen LogP contribution in [0.3, 0.4) is 0 Å². The summed E-state index contributed by atoms with van der Waals surface area (Å²) < 4.78 is 30.4. The van der Waals surface area contributed by atoms with Crippen LogP contribution in [-0.2, 0) is 16.1 Å². The number of rotatable bonds is 12. The molecule has 12 heteroatoms. The summed E-state index contributed by atoms with van der Waals surface area (Å²) in [5.74, 6) is 1.29. The van der Waals surface area contributed by atoms with E-state index < -0.39 is 12.0 Å². The summed E-state index contributed by atoms with van der Waals surface area (Å²) in [5.41, 5.74) is 2.04. The lowest BCUT2D eigenvalue weighted by Crippen LogP contribution is -2.39. The van der Waals surface area contributed by atoms with Gasteiger partial charge in [-0.05, 0) is 79.9 Å². The number of benzene rings is 3. The van der Waals surface area contributed by atoms with Gasteiger partial charge in [-0.2, -0.15) is 0 Å². The van der Waals surface area contributed by atoms with Crippen LogP contribution in [0.15, 0.2) is 76.2 Å². The highest BCUT2D eigenvalue weighted by Crippen LogP contribution is 2.38. The Morgan fingerprint density at radius 2 is 1.61 bits per heavy atom. The zero-order valence-electron chi connectivity index (χ0n) is 25.7. The van der Waals surface area contributed by atoms with Gasteiger partial charge in [0.25, 0.3) is 5.56 Å².